The van der Waals surface area contributed by atoms with Crippen molar-refractivity contribution in [3.8, 4) is 0 Å². The summed E-state index contributed by atoms with van der Waals surface area (Å²) in [6.45, 7) is 1.71. The van der Waals surface area contributed by atoms with E-state index in [2.05, 4.69) is 5.16 Å². The fourth-order valence-electron chi connectivity index (χ4n) is 2.45. The minimum absolute atomic E-state index is 0.0745. The van der Waals surface area contributed by atoms with Crippen molar-refractivity contribution in [1.82, 2.24) is 0 Å². The van der Waals surface area contributed by atoms with Crippen LogP contribution in [0.2, 0.25) is 5.02 Å². The Balaban J connectivity index is 1.77. The average Bonchev–Trinajstić information content (AvgIpc) is 2.60. The lowest BCUT2D eigenvalue weighted by molar-refractivity contribution is 0.337. The number of hydrogen-bond donors (Lipinski definition) is 0. The van der Waals surface area contributed by atoms with Gasteiger partial charge in [0.25, 0.3) is 0 Å². The minimum atomic E-state index is -3.96. The van der Waals surface area contributed by atoms with E-state index in [9.17, 15) is 8.42 Å². The van der Waals surface area contributed by atoms with Gasteiger partial charge in [-0.1, -0.05) is 59.2 Å². The van der Waals surface area contributed by atoms with Crippen LogP contribution in [0.3, 0.4) is 0 Å². The Labute approximate surface area is 151 Å². The molecule has 0 aliphatic rings. The fourth-order valence-corrected chi connectivity index (χ4v) is 3.48. The van der Waals surface area contributed by atoms with E-state index in [0.29, 0.717) is 17.2 Å². The monoisotopic (exact) mass is 373 g/mol. The predicted molar refractivity (Wildman–Crippen MR) is 100 cm³/mol. The minimum Gasteiger partial charge on any atom is -0.265 e. The molecule has 0 aliphatic heterocycles. The van der Waals surface area contributed by atoms with E-state index in [1.54, 1.807) is 31.2 Å². The first-order valence-electron chi connectivity index (χ1n) is 7.64. The molecule has 128 valence electrons. The molecule has 4 nitrogen and oxygen atoms in total. The van der Waals surface area contributed by atoms with E-state index in [4.69, 9.17) is 15.9 Å². The lowest BCUT2D eigenvalue weighted by Gasteiger charge is -2.05. The van der Waals surface area contributed by atoms with E-state index in [1.165, 1.54) is 6.07 Å². The molecule has 0 fully saturated rings. The van der Waals surface area contributed by atoms with Crippen molar-refractivity contribution in [2.24, 2.45) is 5.16 Å². The maximum Gasteiger partial charge on any atom is 0.358 e. The summed E-state index contributed by atoms with van der Waals surface area (Å²) in [5, 5.41) is 6.17. The highest BCUT2D eigenvalue weighted by molar-refractivity contribution is 7.86. The Bertz CT molecular complexity index is 1050. The highest BCUT2D eigenvalue weighted by Crippen LogP contribution is 2.20. The van der Waals surface area contributed by atoms with Crippen molar-refractivity contribution in [1.29, 1.82) is 0 Å². The molecule has 3 aromatic rings. The Morgan fingerprint density at radius 3 is 2.52 bits per heavy atom. The number of halogens is 1. The molecule has 3 aromatic carbocycles. The molecule has 0 aromatic heterocycles. The second-order valence-corrected chi connectivity index (χ2v) is 7.64. The molecular formula is C19H16ClNO3S. The van der Waals surface area contributed by atoms with Gasteiger partial charge < -0.3 is 0 Å². The first-order chi connectivity index (χ1) is 11.9. The van der Waals surface area contributed by atoms with Crippen LogP contribution in [0.15, 0.2) is 76.8 Å². The highest BCUT2D eigenvalue weighted by atomic mass is 35.5. The van der Waals surface area contributed by atoms with Crippen molar-refractivity contribution < 1.29 is 12.7 Å². The summed E-state index contributed by atoms with van der Waals surface area (Å²) in [7, 11) is -3.96. The van der Waals surface area contributed by atoms with Crippen LogP contribution in [0.25, 0.3) is 10.8 Å². The van der Waals surface area contributed by atoms with Crippen molar-refractivity contribution in [3.05, 3.63) is 77.3 Å². The Morgan fingerprint density at radius 2 is 1.76 bits per heavy atom. The van der Waals surface area contributed by atoms with Gasteiger partial charge in [-0.2, -0.15) is 8.42 Å². The maximum atomic E-state index is 12.3. The largest absolute Gasteiger partial charge is 0.358 e. The normalized spacial score (nSPS) is 12.3. The second-order valence-electron chi connectivity index (χ2n) is 5.67. The highest BCUT2D eigenvalue weighted by Gasteiger charge is 2.16. The molecule has 0 bridgehead atoms. The number of nitrogens with zero attached hydrogens (tertiary/aromatic N) is 1. The van der Waals surface area contributed by atoms with E-state index in [1.807, 2.05) is 36.4 Å². The van der Waals surface area contributed by atoms with Crippen LogP contribution in [-0.4, -0.2) is 14.1 Å². The van der Waals surface area contributed by atoms with Gasteiger partial charge in [-0.15, -0.1) is 0 Å². The van der Waals surface area contributed by atoms with Gasteiger partial charge in [-0.25, -0.2) is 0 Å². The molecule has 0 atom stereocenters. The number of benzene rings is 3. The maximum absolute atomic E-state index is 12.3. The fraction of sp³-hybridized carbons (Fsp3) is 0.105. The van der Waals surface area contributed by atoms with Crippen LogP contribution in [0, 0.1) is 0 Å². The zero-order valence-corrected chi connectivity index (χ0v) is 15.1. The summed E-state index contributed by atoms with van der Waals surface area (Å²) in [5.41, 5.74) is 1.46. The van der Waals surface area contributed by atoms with Crippen LogP contribution < -0.4 is 0 Å². The molecule has 0 N–H and O–H groups in total. The van der Waals surface area contributed by atoms with Gasteiger partial charge in [0.1, 0.15) is 4.90 Å². The quantitative estimate of drug-likeness (QED) is 0.476. The van der Waals surface area contributed by atoms with Crippen molar-refractivity contribution in [3.63, 3.8) is 0 Å². The lowest BCUT2D eigenvalue weighted by Crippen LogP contribution is -2.06. The Kier molecular flexibility index (Phi) is 5.06. The Morgan fingerprint density at radius 1 is 1.00 bits per heavy atom. The van der Waals surface area contributed by atoms with Gasteiger partial charge in [0, 0.05) is 11.4 Å². The zero-order chi connectivity index (χ0) is 17.9. The van der Waals surface area contributed by atoms with Gasteiger partial charge in [0.05, 0.1) is 5.71 Å². The molecule has 0 unspecified atom stereocenters. The summed E-state index contributed by atoms with van der Waals surface area (Å²) in [5.74, 6) is 0. The zero-order valence-electron chi connectivity index (χ0n) is 13.5. The molecular weight excluding hydrogens is 358 g/mol. The summed E-state index contributed by atoms with van der Waals surface area (Å²) in [6.07, 6.45) is 0.452. The van der Waals surface area contributed by atoms with Gasteiger partial charge in [0.15, 0.2) is 0 Å². The molecule has 6 heteroatoms. The number of oxime groups is 1. The standard InChI is InChI=1S/C19H16ClNO3S/c1-14(11-15-5-4-8-18(20)12-15)21-24-25(22,23)19-10-9-16-6-2-3-7-17(16)13-19/h2-10,12-13H,11H2,1H3/b21-14+. The lowest BCUT2D eigenvalue weighted by atomic mass is 10.1. The van der Waals surface area contributed by atoms with E-state index in [-0.39, 0.29) is 4.90 Å². The smallest absolute Gasteiger partial charge is 0.265 e. The van der Waals surface area contributed by atoms with Crippen LogP contribution in [-0.2, 0) is 20.8 Å². The molecule has 25 heavy (non-hydrogen) atoms. The summed E-state index contributed by atoms with van der Waals surface area (Å²) in [6, 6.07) is 19.7. The van der Waals surface area contributed by atoms with E-state index in [0.717, 1.165) is 16.3 Å². The second kappa shape index (κ2) is 7.25. The third kappa shape index (κ3) is 4.38. The third-order valence-electron chi connectivity index (χ3n) is 3.65. The summed E-state index contributed by atoms with van der Waals surface area (Å²) in [4.78, 5) is 0.0745. The Hall–Kier alpha value is -2.37. The molecule has 0 spiro atoms. The van der Waals surface area contributed by atoms with Gasteiger partial charge in [-0.05, 0) is 47.5 Å². The van der Waals surface area contributed by atoms with Gasteiger partial charge >= 0.3 is 10.1 Å². The predicted octanol–water partition coefficient (Wildman–Crippen LogP) is 4.82. The van der Waals surface area contributed by atoms with Crippen LogP contribution in [0.4, 0.5) is 0 Å². The van der Waals surface area contributed by atoms with Crippen molar-refractivity contribution in [2.75, 3.05) is 0 Å². The molecule has 0 amide bonds. The summed E-state index contributed by atoms with van der Waals surface area (Å²) >= 11 is 5.94. The first kappa shape index (κ1) is 17.5. The van der Waals surface area contributed by atoms with Crippen LogP contribution in [0.5, 0.6) is 0 Å². The number of hydrogen-bond acceptors (Lipinski definition) is 4. The van der Waals surface area contributed by atoms with Crippen molar-refractivity contribution in [2.45, 2.75) is 18.2 Å². The molecule has 0 heterocycles. The van der Waals surface area contributed by atoms with Gasteiger partial charge in [0.2, 0.25) is 0 Å². The van der Waals surface area contributed by atoms with Crippen LogP contribution in [0.1, 0.15) is 12.5 Å². The topological polar surface area (TPSA) is 55.7 Å². The summed E-state index contributed by atoms with van der Waals surface area (Å²) < 4.78 is 29.5. The average molecular weight is 374 g/mol. The number of rotatable bonds is 5. The molecule has 0 radical (unpaired) electrons. The van der Waals surface area contributed by atoms with Crippen molar-refractivity contribution >= 4 is 38.2 Å². The molecule has 0 aliphatic carbocycles. The molecule has 0 saturated carbocycles. The van der Waals surface area contributed by atoms with E-state index < -0.39 is 10.1 Å². The molecule has 3 rings (SSSR count). The molecule has 0 saturated heterocycles. The number of fused-ring (bicyclic) bond motifs is 1. The third-order valence-corrected chi connectivity index (χ3v) is 4.99. The first-order valence-corrected chi connectivity index (χ1v) is 9.43. The van der Waals surface area contributed by atoms with Crippen LogP contribution >= 0.6 is 11.6 Å². The van der Waals surface area contributed by atoms with E-state index >= 15 is 0 Å². The van der Waals surface area contributed by atoms with Gasteiger partial charge in [-0.3, -0.25) is 4.28 Å². The SMILES string of the molecule is C/C(Cc1cccc(Cl)c1)=N\OS(=O)(=O)c1ccc2ccccc2c1.